The highest BCUT2D eigenvalue weighted by Crippen LogP contribution is 2.43. The highest BCUT2D eigenvalue weighted by atomic mass is 15.1. The van der Waals surface area contributed by atoms with E-state index < -0.39 is 0 Å². The topological polar surface area (TPSA) is 40.7 Å². The average Bonchev–Trinajstić information content (AvgIpc) is 2.86. The zero-order valence-corrected chi connectivity index (χ0v) is 9.01. The first-order chi connectivity index (χ1) is 6.82. The van der Waals surface area contributed by atoms with Gasteiger partial charge in [-0.3, -0.25) is 5.10 Å². The van der Waals surface area contributed by atoms with Crippen LogP contribution in [0.4, 0.5) is 0 Å². The predicted octanol–water partition coefficient (Wildman–Crippen LogP) is 1.90. The van der Waals surface area contributed by atoms with E-state index in [2.05, 4.69) is 35.4 Å². The van der Waals surface area contributed by atoms with Crippen LogP contribution in [0, 0.1) is 5.41 Å². The van der Waals surface area contributed by atoms with Crippen molar-refractivity contribution >= 4 is 0 Å². The lowest BCUT2D eigenvalue weighted by Crippen LogP contribution is -2.27. The molecule has 3 nitrogen and oxygen atoms in total. The standard InChI is InChI=1S/C11H19N3/c1-3-11(4-2)8-12-7-9(11)10-5-6-13-14-10/h5-6,9,12H,3-4,7-8H2,1-2H3,(H,13,14)/t9-/m0/s1. The highest BCUT2D eigenvalue weighted by molar-refractivity contribution is 5.15. The van der Waals surface area contributed by atoms with Crippen LogP contribution < -0.4 is 5.32 Å². The zero-order valence-electron chi connectivity index (χ0n) is 9.01. The van der Waals surface area contributed by atoms with Crippen LogP contribution in [0.2, 0.25) is 0 Å². The molecule has 0 amide bonds. The van der Waals surface area contributed by atoms with Crippen LogP contribution in [0.1, 0.15) is 38.3 Å². The Morgan fingerprint density at radius 2 is 2.29 bits per heavy atom. The second-order valence-electron chi connectivity index (χ2n) is 4.26. The molecule has 2 N–H and O–H groups in total. The van der Waals surface area contributed by atoms with Crippen LogP contribution in [0.3, 0.4) is 0 Å². The molecule has 0 aromatic carbocycles. The summed E-state index contributed by atoms with van der Waals surface area (Å²) >= 11 is 0. The van der Waals surface area contributed by atoms with Crippen LogP contribution in [-0.4, -0.2) is 23.3 Å². The van der Waals surface area contributed by atoms with Gasteiger partial charge >= 0.3 is 0 Å². The molecule has 1 aliphatic heterocycles. The van der Waals surface area contributed by atoms with Crippen molar-refractivity contribution in [2.45, 2.75) is 32.6 Å². The minimum absolute atomic E-state index is 0.437. The smallest absolute Gasteiger partial charge is 0.0490 e. The van der Waals surface area contributed by atoms with Gasteiger partial charge in [-0.05, 0) is 24.3 Å². The molecular formula is C11H19N3. The van der Waals surface area contributed by atoms with Gasteiger partial charge in [0.1, 0.15) is 0 Å². The van der Waals surface area contributed by atoms with Crippen molar-refractivity contribution in [3.05, 3.63) is 18.0 Å². The summed E-state index contributed by atoms with van der Waals surface area (Å²) in [5, 5.41) is 10.7. The third-order valence-electron chi connectivity index (χ3n) is 3.87. The van der Waals surface area contributed by atoms with Crippen molar-refractivity contribution in [3.63, 3.8) is 0 Å². The van der Waals surface area contributed by atoms with Crippen molar-refractivity contribution in [2.75, 3.05) is 13.1 Å². The molecule has 1 aromatic heterocycles. The second kappa shape index (κ2) is 3.73. The third-order valence-corrected chi connectivity index (χ3v) is 3.87. The van der Waals surface area contributed by atoms with Crippen LogP contribution in [0.5, 0.6) is 0 Å². The van der Waals surface area contributed by atoms with E-state index in [1.807, 2.05) is 6.20 Å². The molecule has 0 saturated carbocycles. The fourth-order valence-electron chi connectivity index (χ4n) is 2.70. The molecule has 1 fully saturated rings. The Morgan fingerprint density at radius 1 is 1.50 bits per heavy atom. The summed E-state index contributed by atoms with van der Waals surface area (Å²) in [6.45, 7) is 6.81. The largest absolute Gasteiger partial charge is 0.315 e. The molecule has 1 atom stereocenters. The molecular weight excluding hydrogens is 174 g/mol. The Labute approximate surface area is 85.3 Å². The molecule has 1 aliphatic rings. The minimum atomic E-state index is 0.437. The number of hydrogen-bond donors (Lipinski definition) is 2. The third kappa shape index (κ3) is 1.36. The number of aromatic nitrogens is 2. The van der Waals surface area contributed by atoms with Gasteiger partial charge in [0.25, 0.3) is 0 Å². The van der Waals surface area contributed by atoms with Crippen LogP contribution in [-0.2, 0) is 0 Å². The van der Waals surface area contributed by atoms with E-state index in [1.54, 1.807) is 0 Å². The molecule has 0 bridgehead atoms. The molecule has 78 valence electrons. The van der Waals surface area contributed by atoms with Crippen LogP contribution in [0.25, 0.3) is 0 Å². The molecule has 3 heteroatoms. The summed E-state index contributed by atoms with van der Waals surface area (Å²) < 4.78 is 0. The number of H-pyrrole nitrogens is 1. The summed E-state index contributed by atoms with van der Waals surface area (Å²) in [5.74, 6) is 0.611. The van der Waals surface area contributed by atoms with Crippen molar-refractivity contribution in [3.8, 4) is 0 Å². The fourth-order valence-corrected chi connectivity index (χ4v) is 2.70. The van der Waals surface area contributed by atoms with Crippen molar-refractivity contribution < 1.29 is 0 Å². The molecule has 0 aliphatic carbocycles. The first-order valence-electron chi connectivity index (χ1n) is 5.52. The van der Waals surface area contributed by atoms with Crippen molar-refractivity contribution in [1.29, 1.82) is 0 Å². The van der Waals surface area contributed by atoms with Crippen molar-refractivity contribution in [2.24, 2.45) is 5.41 Å². The van der Waals surface area contributed by atoms with E-state index >= 15 is 0 Å². The number of rotatable bonds is 3. The zero-order chi connectivity index (χ0) is 10.0. The SMILES string of the molecule is CCC1(CC)CNC[C@H]1c1ccn[nH]1. The molecule has 1 saturated heterocycles. The van der Waals surface area contributed by atoms with Gasteiger partial charge in [-0.1, -0.05) is 13.8 Å². The number of nitrogens with one attached hydrogen (secondary N) is 2. The Bertz CT molecular complexity index is 275. The Kier molecular flexibility index (Phi) is 2.59. The number of nitrogens with zero attached hydrogens (tertiary/aromatic N) is 1. The van der Waals surface area contributed by atoms with Gasteiger partial charge in [0.15, 0.2) is 0 Å². The summed E-state index contributed by atoms with van der Waals surface area (Å²) in [7, 11) is 0. The lowest BCUT2D eigenvalue weighted by Gasteiger charge is -2.31. The maximum absolute atomic E-state index is 4.05. The van der Waals surface area contributed by atoms with Gasteiger partial charge in [0.2, 0.25) is 0 Å². The van der Waals surface area contributed by atoms with E-state index in [0.29, 0.717) is 11.3 Å². The minimum Gasteiger partial charge on any atom is -0.315 e. The maximum atomic E-state index is 4.05. The Morgan fingerprint density at radius 3 is 2.86 bits per heavy atom. The van der Waals surface area contributed by atoms with Gasteiger partial charge in [-0.15, -0.1) is 0 Å². The summed E-state index contributed by atoms with van der Waals surface area (Å²) in [6.07, 6.45) is 4.32. The highest BCUT2D eigenvalue weighted by Gasteiger charge is 2.41. The van der Waals surface area contributed by atoms with Crippen molar-refractivity contribution in [1.82, 2.24) is 15.5 Å². The Balaban J connectivity index is 2.26. The van der Waals surface area contributed by atoms with Gasteiger partial charge < -0.3 is 5.32 Å². The van der Waals surface area contributed by atoms with E-state index in [1.165, 1.54) is 18.5 Å². The van der Waals surface area contributed by atoms with E-state index in [-0.39, 0.29) is 0 Å². The van der Waals surface area contributed by atoms with Crippen LogP contribution >= 0.6 is 0 Å². The summed E-state index contributed by atoms with van der Waals surface area (Å²) in [6, 6.07) is 2.11. The average molecular weight is 193 g/mol. The van der Waals surface area contributed by atoms with E-state index in [0.717, 1.165) is 13.1 Å². The second-order valence-corrected chi connectivity index (χ2v) is 4.26. The maximum Gasteiger partial charge on any atom is 0.0490 e. The monoisotopic (exact) mass is 193 g/mol. The molecule has 14 heavy (non-hydrogen) atoms. The Hall–Kier alpha value is -0.830. The summed E-state index contributed by atoms with van der Waals surface area (Å²) in [5.41, 5.74) is 1.73. The van der Waals surface area contributed by atoms with Gasteiger partial charge in [-0.25, -0.2) is 0 Å². The van der Waals surface area contributed by atoms with Gasteiger partial charge in [0.05, 0.1) is 0 Å². The fraction of sp³-hybridized carbons (Fsp3) is 0.727. The van der Waals surface area contributed by atoms with Gasteiger partial charge in [-0.2, -0.15) is 5.10 Å². The molecule has 0 radical (unpaired) electrons. The lowest BCUT2D eigenvalue weighted by atomic mass is 9.72. The van der Waals surface area contributed by atoms with E-state index in [4.69, 9.17) is 0 Å². The molecule has 1 aromatic rings. The lowest BCUT2D eigenvalue weighted by molar-refractivity contribution is 0.257. The molecule has 2 rings (SSSR count). The van der Waals surface area contributed by atoms with Crippen LogP contribution in [0.15, 0.2) is 12.3 Å². The molecule has 2 heterocycles. The number of hydrogen-bond acceptors (Lipinski definition) is 2. The first kappa shape index (κ1) is 9.71. The quantitative estimate of drug-likeness (QED) is 0.769. The summed E-state index contributed by atoms with van der Waals surface area (Å²) in [4.78, 5) is 0. The molecule has 0 spiro atoms. The normalized spacial score (nSPS) is 25.4. The first-order valence-corrected chi connectivity index (χ1v) is 5.52. The van der Waals surface area contributed by atoms with Gasteiger partial charge in [0, 0.05) is 30.9 Å². The molecule has 0 unspecified atom stereocenters. The predicted molar refractivity (Wildman–Crippen MR) is 57.2 cm³/mol. The van der Waals surface area contributed by atoms with E-state index in [9.17, 15) is 0 Å². The number of aromatic amines is 1.